The lowest BCUT2D eigenvalue weighted by atomic mass is 10.1. The molecule has 2 N–H and O–H groups in total. The van der Waals surface area contributed by atoms with E-state index >= 15 is 0 Å². The van der Waals surface area contributed by atoms with Crippen LogP contribution in [0.5, 0.6) is 0 Å². The van der Waals surface area contributed by atoms with Crippen LogP contribution in [0, 0.1) is 0 Å². The van der Waals surface area contributed by atoms with Crippen LogP contribution in [0.2, 0.25) is 0 Å². The first-order valence-electron chi connectivity index (χ1n) is 4.85. The highest BCUT2D eigenvalue weighted by atomic mass is 16.3. The molecule has 0 saturated carbocycles. The van der Waals surface area contributed by atoms with Crippen molar-refractivity contribution >= 4 is 5.91 Å². The average Bonchev–Trinajstić information content (AvgIpc) is 2.13. The van der Waals surface area contributed by atoms with Crippen LogP contribution in [0.25, 0.3) is 0 Å². The molecular formula is C9H18N2O2. The summed E-state index contributed by atoms with van der Waals surface area (Å²) in [6.45, 7) is 5.95. The Morgan fingerprint density at radius 3 is 3.08 bits per heavy atom. The largest absolute Gasteiger partial charge is 0.392 e. The fraction of sp³-hybridized carbons (Fsp3) is 0.889. The summed E-state index contributed by atoms with van der Waals surface area (Å²) in [6.07, 6.45) is 0.429. The maximum Gasteiger partial charge on any atom is 0.237 e. The van der Waals surface area contributed by atoms with E-state index < -0.39 is 0 Å². The number of hydrogen-bond donors (Lipinski definition) is 2. The zero-order valence-corrected chi connectivity index (χ0v) is 8.29. The van der Waals surface area contributed by atoms with Gasteiger partial charge in [-0.25, -0.2) is 0 Å². The maximum atomic E-state index is 11.2. The van der Waals surface area contributed by atoms with Gasteiger partial charge in [-0.3, -0.25) is 9.69 Å². The molecule has 2 atom stereocenters. The highest BCUT2D eigenvalue weighted by molar-refractivity contribution is 5.81. The van der Waals surface area contributed by atoms with Crippen molar-refractivity contribution in [2.75, 3.05) is 19.6 Å². The van der Waals surface area contributed by atoms with Crippen LogP contribution in [-0.4, -0.2) is 47.7 Å². The molecule has 13 heavy (non-hydrogen) atoms. The van der Waals surface area contributed by atoms with Gasteiger partial charge in [0.15, 0.2) is 0 Å². The molecule has 1 aliphatic rings. The minimum atomic E-state index is -0.312. The number of piperazine rings is 1. The Morgan fingerprint density at radius 1 is 1.77 bits per heavy atom. The molecule has 1 saturated heterocycles. The predicted octanol–water partition coefficient (Wildman–Crippen LogP) is -0.422. The number of aliphatic hydroxyl groups excluding tert-OH is 1. The number of hydrogen-bond acceptors (Lipinski definition) is 3. The fourth-order valence-electron chi connectivity index (χ4n) is 1.48. The van der Waals surface area contributed by atoms with Gasteiger partial charge in [-0.05, 0) is 13.3 Å². The Morgan fingerprint density at radius 2 is 2.46 bits per heavy atom. The van der Waals surface area contributed by atoms with E-state index in [4.69, 9.17) is 0 Å². The van der Waals surface area contributed by atoms with E-state index in [9.17, 15) is 9.90 Å². The minimum Gasteiger partial charge on any atom is -0.392 e. The summed E-state index contributed by atoms with van der Waals surface area (Å²) >= 11 is 0. The summed E-state index contributed by atoms with van der Waals surface area (Å²) in [7, 11) is 0. The first kappa shape index (κ1) is 10.5. The van der Waals surface area contributed by atoms with Crippen LogP contribution in [0.1, 0.15) is 20.3 Å². The van der Waals surface area contributed by atoms with E-state index in [0.717, 1.165) is 13.0 Å². The number of carbonyl (C=O) groups excluding carboxylic acids is 1. The van der Waals surface area contributed by atoms with Gasteiger partial charge in [-0.15, -0.1) is 0 Å². The topological polar surface area (TPSA) is 52.6 Å². The third-order valence-corrected chi connectivity index (χ3v) is 2.54. The van der Waals surface area contributed by atoms with Crippen molar-refractivity contribution in [2.45, 2.75) is 32.4 Å². The van der Waals surface area contributed by atoms with E-state index in [0.29, 0.717) is 13.1 Å². The Balaban J connectivity index is 2.43. The second-order valence-electron chi connectivity index (χ2n) is 3.52. The molecule has 0 bridgehead atoms. The Hall–Kier alpha value is -0.610. The standard InChI is InChI=1S/C9H18N2O2/c1-3-8(12)6-11-5-4-10-9(13)7(11)2/h7-8,12H,3-6H2,1-2H3,(H,10,13)/t7?,8-/m1/s1. The second kappa shape index (κ2) is 4.58. The number of rotatable bonds is 3. The molecule has 1 rings (SSSR count). The van der Waals surface area contributed by atoms with Gasteiger partial charge in [-0.1, -0.05) is 6.92 Å². The highest BCUT2D eigenvalue weighted by Crippen LogP contribution is 2.05. The molecule has 4 heteroatoms. The van der Waals surface area contributed by atoms with Crippen LogP contribution in [0.15, 0.2) is 0 Å². The van der Waals surface area contributed by atoms with E-state index in [1.54, 1.807) is 0 Å². The van der Waals surface area contributed by atoms with Gasteiger partial charge in [0, 0.05) is 19.6 Å². The number of aliphatic hydroxyl groups is 1. The fourth-order valence-corrected chi connectivity index (χ4v) is 1.48. The summed E-state index contributed by atoms with van der Waals surface area (Å²) in [5.41, 5.74) is 0. The van der Waals surface area contributed by atoms with E-state index in [-0.39, 0.29) is 18.1 Å². The molecule has 0 aromatic heterocycles. The van der Waals surface area contributed by atoms with Crippen molar-refractivity contribution in [3.05, 3.63) is 0 Å². The van der Waals surface area contributed by atoms with Crippen molar-refractivity contribution in [3.8, 4) is 0 Å². The van der Waals surface area contributed by atoms with Gasteiger partial charge in [0.1, 0.15) is 0 Å². The molecule has 0 aromatic carbocycles. The number of amides is 1. The molecule has 1 unspecified atom stereocenters. The lowest BCUT2D eigenvalue weighted by Crippen LogP contribution is -2.55. The molecule has 4 nitrogen and oxygen atoms in total. The van der Waals surface area contributed by atoms with E-state index in [1.165, 1.54) is 0 Å². The molecule has 1 aliphatic heterocycles. The summed E-state index contributed by atoms with van der Waals surface area (Å²) < 4.78 is 0. The van der Waals surface area contributed by atoms with Gasteiger partial charge in [0.05, 0.1) is 12.1 Å². The van der Waals surface area contributed by atoms with Crippen molar-refractivity contribution in [2.24, 2.45) is 0 Å². The van der Waals surface area contributed by atoms with Crippen LogP contribution in [0.3, 0.4) is 0 Å². The zero-order chi connectivity index (χ0) is 9.84. The Labute approximate surface area is 78.9 Å². The second-order valence-corrected chi connectivity index (χ2v) is 3.52. The first-order valence-corrected chi connectivity index (χ1v) is 4.85. The number of β-amino-alcohol motifs (C(OH)–C–C–N with tert-alkyl or cyclic N) is 1. The summed E-state index contributed by atoms with van der Waals surface area (Å²) in [5, 5.41) is 12.2. The molecular weight excluding hydrogens is 168 g/mol. The molecule has 76 valence electrons. The first-order chi connectivity index (χ1) is 6.15. The maximum absolute atomic E-state index is 11.2. The van der Waals surface area contributed by atoms with Crippen molar-refractivity contribution < 1.29 is 9.90 Å². The van der Waals surface area contributed by atoms with Gasteiger partial charge in [-0.2, -0.15) is 0 Å². The molecule has 0 aromatic rings. The van der Waals surface area contributed by atoms with Gasteiger partial charge < -0.3 is 10.4 Å². The molecule has 1 fully saturated rings. The van der Waals surface area contributed by atoms with Gasteiger partial charge >= 0.3 is 0 Å². The van der Waals surface area contributed by atoms with Crippen LogP contribution in [-0.2, 0) is 4.79 Å². The lowest BCUT2D eigenvalue weighted by Gasteiger charge is -2.33. The number of carbonyl (C=O) groups is 1. The molecule has 1 amide bonds. The van der Waals surface area contributed by atoms with E-state index in [2.05, 4.69) is 5.32 Å². The normalized spacial score (nSPS) is 27.0. The zero-order valence-electron chi connectivity index (χ0n) is 8.29. The van der Waals surface area contributed by atoms with Gasteiger partial charge in [0.25, 0.3) is 0 Å². The van der Waals surface area contributed by atoms with E-state index in [1.807, 2.05) is 18.7 Å². The molecule has 1 heterocycles. The van der Waals surface area contributed by atoms with Crippen LogP contribution >= 0.6 is 0 Å². The number of nitrogens with zero attached hydrogens (tertiary/aromatic N) is 1. The SMILES string of the molecule is CC[C@@H](O)CN1CCNC(=O)C1C. The molecule has 0 spiro atoms. The van der Waals surface area contributed by atoms with Gasteiger partial charge in [0.2, 0.25) is 5.91 Å². The van der Waals surface area contributed by atoms with Crippen molar-refractivity contribution in [3.63, 3.8) is 0 Å². The van der Waals surface area contributed by atoms with Crippen molar-refractivity contribution in [1.29, 1.82) is 0 Å². The minimum absolute atomic E-state index is 0.0644. The smallest absolute Gasteiger partial charge is 0.237 e. The quantitative estimate of drug-likeness (QED) is 0.629. The molecule has 0 aliphatic carbocycles. The van der Waals surface area contributed by atoms with Crippen LogP contribution in [0.4, 0.5) is 0 Å². The molecule has 0 radical (unpaired) electrons. The summed E-state index contributed by atoms with van der Waals surface area (Å²) in [6, 6.07) is -0.102. The summed E-state index contributed by atoms with van der Waals surface area (Å²) in [5.74, 6) is 0.0644. The Kier molecular flexibility index (Phi) is 3.69. The predicted molar refractivity (Wildman–Crippen MR) is 50.3 cm³/mol. The summed E-state index contributed by atoms with van der Waals surface area (Å²) in [4.78, 5) is 13.3. The lowest BCUT2D eigenvalue weighted by molar-refractivity contribution is -0.128. The average molecular weight is 186 g/mol. The monoisotopic (exact) mass is 186 g/mol. The van der Waals surface area contributed by atoms with Crippen molar-refractivity contribution in [1.82, 2.24) is 10.2 Å². The Bertz CT molecular complexity index is 184. The highest BCUT2D eigenvalue weighted by Gasteiger charge is 2.26. The van der Waals surface area contributed by atoms with Crippen LogP contribution < -0.4 is 5.32 Å². The third-order valence-electron chi connectivity index (χ3n) is 2.54. The number of nitrogens with one attached hydrogen (secondary N) is 1. The third kappa shape index (κ3) is 2.67.